The Labute approximate surface area is 142 Å². The predicted molar refractivity (Wildman–Crippen MR) is 98.8 cm³/mol. The molecule has 124 valence electrons. The van der Waals surface area contributed by atoms with Gasteiger partial charge in [0.25, 0.3) is 0 Å². The molecule has 4 heteroatoms. The highest BCUT2D eigenvalue weighted by atomic mass is 31.0. The second kappa shape index (κ2) is 12.5. The molecule has 23 heavy (non-hydrogen) atoms. The molecule has 0 bridgehead atoms. The average molecular weight is 333 g/mol. The van der Waals surface area contributed by atoms with Gasteiger partial charge < -0.3 is 4.74 Å². The summed E-state index contributed by atoms with van der Waals surface area (Å²) in [5, 5.41) is 0. The maximum atomic E-state index is 12.5. The Bertz CT molecular complexity index is 588. The van der Waals surface area contributed by atoms with Crippen LogP contribution in [-0.4, -0.2) is 12.8 Å². The van der Waals surface area contributed by atoms with Crippen molar-refractivity contribution >= 4 is 20.7 Å². The first kappa shape index (κ1) is 19.1. The standard InChI is InChI=1S/C15H13O3P.2C2H6/c16-13(11-7-3-1-4-8-11)14(18-15(17)19)12-9-5-2-6-10-12;2*1-2/h1-10,14H,19H2;2*1-2H3/i19D;;. The summed E-state index contributed by atoms with van der Waals surface area (Å²) in [6.45, 7) is 8.00. The molecule has 0 saturated heterocycles. The summed E-state index contributed by atoms with van der Waals surface area (Å²) < 4.78 is 12.2. The molecule has 0 radical (unpaired) electrons. The van der Waals surface area contributed by atoms with Crippen molar-refractivity contribution in [3.05, 3.63) is 71.8 Å². The summed E-state index contributed by atoms with van der Waals surface area (Å²) in [4.78, 5) is 23.8. The second-order valence-electron chi connectivity index (χ2n) is 3.93. The van der Waals surface area contributed by atoms with Crippen LogP contribution in [0.25, 0.3) is 0 Å². The SMILES string of the molecule is CC.CC.[2H]PC(=O)OC(C(=O)c1ccccc1)c1ccccc1. The average Bonchev–Trinajstić information content (AvgIpc) is 2.69. The lowest BCUT2D eigenvalue weighted by atomic mass is 10.00. The first-order valence-corrected chi connectivity index (χ1v) is 8.25. The van der Waals surface area contributed by atoms with Gasteiger partial charge in [-0.15, -0.1) is 0 Å². The van der Waals surface area contributed by atoms with Gasteiger partial charge in [0.1, 0.15) is 0 Å². The molecule has 2 rings (SSSR count). The summed E-state index contributed by atoms with van der Waals surface area (Å²) in [6, 6.07) is 17.5. The predicted octanol–water partition coefficient (Wildman–Crippen LogP) is 5.67. The molecule has 2 atom stereocenters. The Morgan fingerprint density at radius 1 is 0.913 bits per heavy atom. The highest BCUT2D eigenvalue weighted by molar-refractivity contribution is 7.39. The third-order valence-electron chi connectivity index (χ3n) is 2.62. The van der Waals surface area contributed by atoms with Crippen LogP contribution < -0.4 is 0 Å². The van der Waals surface area contributed by atoms with Gasteiger partial charge in [-0.2, -0.15) is 0 Å². The summed E-state index contributed by atoms with van der Waals surface area (Å²) in [7, 11) is -0.744. The number of ether oxygens (including phenoxy) is 1. The van der Waals surface area contributed by atoms with Gasteiger partial charge in [0.2, 0.25) is 5.78 Å². The fraction of sp³-hybridized carbons (Fsp3) is 0.263. The Kier molecular flexibility index (Phi) is 10.4. The van der Waals surface area contributed by atoms with Crippen molar-refractivity contribution in [1.29, 1.82) is 1.28 Å². The van der Waals surface area contributed by atoms with Crippen molar-refractivity contribution < 1.29 is 14.3 Å². The van der Waals surface area contributed by atoms with E-state index in [0.29, 0.717) is 11.1 Å². The summed E-state index contributed by atoms with van der Waals surface area (Å²) in [5.41, 5.74) is 0.388. The molecular formula is C19H25O3P. The molecule has 0 aliphatic rings. The zero-order chi connectivity index (χ0) is 18.4. The number of carbonyl (C=O) groups is 2. The van der Waals surface area contributed by atoms with Gasteiger partial charge in [0, 0.05) is 11.1 Å². The van der Waals surface area contributed by atoms with Gasteiger partial charge in [0.05, 0.1) is 1.28 Å². The largest absolute Gasteiger partial charge is 0.446 e. The van der Waals surface area contributed by atoms with E-state index >= 15 is 0 Å². The van der Waals surface area contributed by atoms with Gasteiger partial charge in [-0.25, -0.2) is 4.79 Å². The third-order valence-corrected chi connectivity index (χ3v) is 2.74. The molecule has 0 aromatic heterocycles. The van der Waals surface area contributed by atoms with Crippen LogP contribution in [0.15, 0.2) is 60.7 Å². The Balaban J connectivity index is 0.00000123. The number of ketones is 1. The molecule has 0 aliphatic carbocycles. The summed E-state index contributed by atoms with van der Waals surface area (Å²) in [5.74, 6) is -0.289. The first-order chi connectivity index (χ1) is 11.7. The molecule has 2 aromatic carbocycles. The van der Waals surface area contributed by atoms with E-state index in [-0.39, 0.29) is 5.78 Å². The molecule has 0 heterocycles. The minimum absolute atomic E-state index is 0.289. The van der Waals surface area contributed by atoms with Crippen molar-refractivity contribution in [3.63, 3.8) is 0 Å². The lowest BCUT2D eigenvalue weighted by Crippen LogP contribution is -2.17. The van der Waals surface area contributed by atoms with E-state index in [2.05, 4.69) is 0 Å². The van der Waals surface area contributed by atoms with Crippen molar-refractivity contribution in [2.24, 2.45) is 0 Å². The molecule has 0 spiro atoms. The Morgan fingerprint density at radius 3 is 1.87 bits per heavy atom. The smallest absolute Gasteiger partial charge is 0.320 e. The number of Topliss-reactive ketones (excluding diaryl/α,β-unsaturated/α-hetero) is 1. The zero-order valence-electron chi connectivity index (χ0n) is 15.1. The molecule has 0 aliphatic heterocycles. The monoisotopic (exact) mass is 333 g/mol. The molecule has 0 fully saturated rings. The number of benzene rings is 2. The number of rotatable bonds is 5. The van der Waals surface area contributed by atoms with E-state index in [1.165, 1.54) is 0 Å². The molecule has 0 amide bonds. The van der Waals surface area contributed by atoms with Crippen LogP contribution in [0.5, 0.6) is 0 Å². The fourth-order valence-corrected chi connectivity index (χ4v) is 1.88. The molecular weight excluding hydrogens is 307 g/mol. The van der Waals surface area contributed by atoms with E-state index in [0.717, 1.165) is 0 Å². The van der Waals surface area contributed by atoms with Gasteiger partial charge >= 0.3 is 5.71 Å². The number of hydrogen-bond acceptors (Lipinski definition) is 3. The minimum atomic E-state index is -0.996. The zero-order valence-corrected chi connectivity index (χ0v) is 15.1. The Hall–Kier alpha value is -1.99. The highest BCUT2D eigenvalue weighted by Gasteiger charge is 2.24. The maximum absolute atomic E-state index is 12.5. The van der Waals surface area contributed by atoms with Crippen LogP contribution >= 0.6 is 9.18 Å². The van der Waals surface area contributed by atoms with Crippen LogP contribution in [0, 0.1) is 0 Å². The van der Waals surface area contributed by atoms with Crippen LogP contribution in [0.3, 0.4) is 0 Å². The maximum Gasteiger partial charge on any atom is 0.320 e. The van der Waals surface area contributed by atoms with Crippen LogP contribution in [-0.2, 0) is 4.74 Å². The Morgan fingerprint density at radius 2 is 1.39 bits per heavy atom. The quantitative estimate of drug-likeness (QED) is 0.522. The topological polar surface area (TPSA) is 43.4 Å². The van der Waals surface area contributed by atoms with Crippen LogP contribution in [0.2, 0.25) is 0 Å². The number of hydrogen-bond donors (Lipinski definition) is 0. The van der Waals surface area contributed by atoms with E-state index < -0.39 is 21.0 Å². The molecule has 0 saturated carbocycles. The second-order valence-corrected chi connectivity index (χ2v) is 4.33. The van der Waals surface area contributed by atoms with Crippen molar-refractivity contribution in [1.82, 2.24) is 0 Å². The van der Waals surface area contributed by atoms with E-state index in [9.17, 15) is 9.59 Å². The van der Waals surface area contributed by atoms with Crippen LogP contribution in [0.4, 0.5) is 4.79 Å². The van der Waals surface area contributed by atoms with Gasteiger partial charge in [-0.3, -0.25) is 4.79 Å². The lowest BCUT2D eigenvalue weighted by Gasteiger charge is -2.16. The van der Waals surface area contributed by atoms with Crippen molar-refractivity contribution in [2.45, 2.75) is 33.8 Å². The normalized spacial score (nSPS) is 11.2. The first-order valence-electron chi connectivity index (χ1n) is 8.25. The highest BCUT2D eigenvalue weighted by Crippen LogP contribution is 2.23. The number of carbonyl (C=O) groups excluding carboxylic acids is 2. The summed E-state index contributed by atoms with van der Waals surface area (Å²) in [6.07, 6.45) is -0.996. The third kappa shape index (κ3) is 7.21. The van der Waals surface area contributed by atoms with E-state index in [1.54, 1.807) is 48.5 Å². The van der Waals surface area contributed by atoms with Gasteiger partial charge in [0.15, 0.2) is 6.10 Å². The van der Waals surface area contributed by atoms with E-state index in [1.807, 2.05) is 39.8 Å². The molecule has 3 nitrogen and oxygen atoms in total. The van der Waals surface area contributed by atoms with Crippen LogP contribution in [0.1, 0.15) is 49.7 Å². The fourth-order valence-electron chi connectivity index (χ4n) is 1.76. The molecule has 2 unspecified atom stereocenters. The molecule has 0 N–H and O–H groups in total. The van der Waals surface area contributed by atoms with E-state index in [4.69, 9.17) is 6.02 Å². The van der Waals surface area contributed by atoms with Gasteiger partial charge in [-0.1, -0.05) is 88.4 Å². The molecule has 2 aromatic rings. The summed E-state index contributed by atoms with van der Waals surface area (Å²) >= 11 is 0. The van der Waals surface area contributed by atoms with Gasteiger partial charge in [-0.05, 0) is 9.18 Å². The lowest BCUT2D eigenvalue weighted by molar-refractivity contribution is 0.0695. The minimum Gasteiger partial charge on any atom is -0.446 e. The van der Waals surface area contributed by atoms with Crippen molar-refractivity contribution in [3.8, 4) is 0 Å². The van der Waals surface area contributed by atoms with Crippen molar-refractivity contribution in [2.75, 3.05) is 0 Å².